The van der Waals surface area contributed by atoms with Gasteiger partial charge in [0, 0.05) is 25.6 Å². The van der Waals surface area contributed by atoms with Crippen LogP contribution in [0.3, 0.4) is 0 Å². The van der Waals surface area contributed by atoms with Crippen molar-refractivity contribution in [3.05, 3.63) is 16.2 Å². The zero-order chi connectivity index (χ0) is 14.8. The molecule has 1 amide bonds. The maximum absolute atomic E-state index is 11.9. The molecule has 1 saturated heterocycles. The van der Waals surface area contributed by atoms with E-state index in [1.54, 1.807) is 17.7 Å². The van der Waals surface area contributed by atoms with Crippen LogP contribution in [-0.4, -0.2) is 39.9 Å². The summed E-state index contributed by atoms with van der Waals surface area (Å²) in [5.74, 6) is 1.12. The van der Waals surface area contributed by atoms with E-state index in [1.165, 1.54) is 0 Å². The summed E-state index contributed by atoms with van der Waals surface area (Å²) in [7, 11) is 0. The van der Waals surface area contributed by atoms with Gasteiger partial charge in [-0.3, -0.25) is 4.79 Å². The molecule has 0 aliphatic carbocycles. The van der Waals surface area contributed by atoms with Crippen molar-refractivity contribution in [1.82, 2.24) is 14.9 Å². The fraction of sp³-hybridized carbons (Fsp3) is 0.500. The van der Waals surface area contributed by atoms with Gasteiger partial charge in [-0.15, -0.1) is 11.3 Å². The van der Waals surface area contributed by atoms with Crippen molar-refractivity contribution in [3.63, 3.8) is 0 Å². The molecule has 0 spiro atoms. The Morgan fingerprint density at radius 2 is 2.43 bits per heavy atom. The largest absolute Gasteiger partial charge is 0.365 e. The van der Waals surface area contributed by atoms with E-state index in [0.29, 0.717) is 6.42 Å². The molecule has 21 heavy (non-hydrogen) atoms. The average molecular weight is 369 g/mol. The number of nitrogens with one attached hydrogen (secondary N) is 1. The van der Waals surface area contributed by atoms with E-state index in [2.05, 4.69) is 31.2 Å². The zero-order valence-electron chi connectivity index (χ0n) is 11.8. The predicted octanol–water partition coefficient (Wildman–Crippen LogP) is 3.27. The highest BCUT2D eigenvalue weighted by Gasteiger charge is 2.26. The lowest BCUT2D eigenvalue weighted by Crippen LogP contribution is -2.31. The van der Waals surface area contributed by atoms with Crippen LogP contribution in [0.25, 0.3) is 10.2 Å². The van der Waals surface area contributed by atoms with Crippen LogP contribution >= 0.6 is 27.3 Å². The zero-order valence-corrected chi connectivity index (χ0v) is 14.2. The summed E-state index contributed by atoms with van der Waals surface area (Å²) in [5.41, 5.74) is 0. The van der Waals surface area contributed by atoms with Crippen molar-refractivity contribution in [3.8, 4) is 0 Å². The highest BCUT2D eigenvalue weighted by atomic mass is 79.9. The number of halogens is 1. The van der Waals surface area contributed by atoms with E-state index in [-0.39, 0.29) is 11.9 Å². The normalized spacial score (nSPS) is 18.4. The molecule has 3 heterocycles. The second kappa shape index (κ2) is 6.27. The first kappa shape index (κ1) is 14.7. The Balaban J connectivity index is 1.71. The number of hydrogen-bond acceptors (Lipinski definition) is 5. The smallest absolute Gasteiger partial charge is 0.222 e. The molecule has 7 heteroatoms. The van der Waals surface area contributed by atoms with Crippen LogP contribution in [0.4, 0.5) is 5.82 Å². The van der Waals surface area contributed by atoms with Gasteiger partial charge in [-0.2, -0.15) is 0 Å². The minimum Gasteiger partial charge on any atom is -0.365 e. The Morgan fingerprint density at radius 1 is 1.57 bits per heavy atom. The number of hydrogen-bond donors (Lipinski definition) is 1. The molecule has 5 nitrogen and oxygen atoms in total. The number of carbonyl (C=O) groups is 1. The molecule has 2 aromatic rings. The highest BCUT2D eigenvalue weighted by molar-refractivity contribution is 9.11. The van der Waals surface area contributed by atoms with E-state index in [9.17, 15) is 4.79 Å². The van der Waals surface area contributed by atoms with Crippen LogP contribution in [0, 0.1) is 0 Å². The lowest BCUT2D eigenvalue weighted by atomic mass is 10.2. The van der Waals surface area contributed by atoms with Gasteiger partial charge in [0.1, 0.15) is 17.0 Å². The molecule has 0 bridgehead atoms. The molecule has 3 rings (SSSR count). The third kappa shape index (κ3) is 3.18. The van der Waals surface area contributed by atoms with Crippen molar-refractivity contribution in [2.24, 2.45) is 0 Å². The fourth-order valence-corrected chi connectivity index (χ4v) is 4.03. The summed E-state index contributed by atoms with van der Waals surface area (Å²) >= 11 is 5.08. The van der Waals surface area contributed by atoms with Gasteiger partial charge in [-0.1, -0.05) is 6.92 Å². The van der Waals surface area contributed by atoms with Crippen LogP contribution in [0.15, 0.2) is 16.2 Å². The van der Waals surface area contributed by atoms with E-state index < -0.39 is 0 Å². The second-order valence-electron chi connectivity index (χ2n) is 5.21. The number of rotatable bonds is 4. The van der Waals surface area contributed by atoms with Gasteiger partial charge in [-0.05, 0) is 34.8 Å². The van der Waals surface area contributed by atoms with Crippen molar-refractivity contribution in [2.45, 2.75) is 32.2 Å². The quantitative estimate of drug-likeness (QED) is 0.899. The lowest BCUT2D eigenvalue weighted by molar-refractivity contribution is -0.130. The molecule has 1 aliphatic heterocycles. The van der Waals surface area contributed by atoms with Gasteiger partial charge in [0.15, 0.2) is 0 Å². The summed E-state index contributed by atoms with van der Waals surface area (Å²) in [6, 6.07) is 2.31. The summed E-state index contributed by atoms with van der Waals surface area (Å²) in [4.78, 5) is 23.5. The van der Waals surface area contributed by atoms with Gasteiger partial charge in [0.2, 0.25) is 5.91 Å². The molecule has 2 aromatic heterocycles. The number of likely N-dealkylation sites (tertiary alicyclic amines) is 1. The van der Waals surface area contributed by atoms with Gasteiger partial charge in [0.25, 0.3) is 0 Å². The number of fused-ring (bicyclic) bond motifs is 1. The van der Waals surface area contributed by atoms with Gasteiger partial charge in [0.05, 0.1) is 9.17 Å². The molecule has 0 aromatic carbocycles. The third-order valence-corrected chi connectivity index (χ3v) is 5.19. The first-order valence-electron chi connectivity index (χ1n) is 7.11. The molecule has 0 saturated carbocycles. The number of aromatic nitrogens is 2. The molecular weight excluding hydrogens is 352 g/mol. The Bertz CT molecular complexity index is 659. The molecule has 0 radical (unpaired) electrons. The van der Waals surface area contributed by atoms with Crippen LogP contribution < -0.4 is 5.32 Å². The Morgan fingerprint density at radius 3 is 3.24 bits per heavy atom. The molecule has 0 unspecified atom stereocenters. The number of carbonyl (C=O) groups excluding carboxylic acids is 1. The molecule has 1 aliphatic rings. The van der Waals surface area contributed by atoms with E-state index >= 15 is 0 Å². The van der Waals surface area contributed by atoms with Crippen LogP contribution in [0.5, 0.6) is 0 Å². The Hall–Kier alpha value is -1.21. The third-order valence-electron chi connectivity index (χ3n) is 3.65. The fourth-order valence-electron chi connectivity index (χ4n) is 2.61. The molecule has 1 N–H and O–H groups in total. The summed E-state index contributed by atoms with van der Waals surface area (Å²) in [5, 5.41) is 4.50. The van der Waals surface area contributed by atoms with Crippen molar-refractivity contribution in [2.75, 3.05) is 18.4 Å². The van der Waals surface area contributed by atoms with Gasteiger partial charge >= 0.3 is 0 Å². The number of nitrogens with zero attached hydrogens (tertiary/aromatic N) is 3. The SMILES string of the molecule is CCCC(=O)N1CC[C@H](Nc2ncnc3sc(Br)cc23)C1. The number of amides is 1. The maximum Gasteiger partial charge on any atom is 0.222 e. The minimum atomic E-state index is 0.257. The standard InChI is InChI=1S/C14H17BrN4OS/c1-2-3-12(20)19-5-4-9(7-19)18-13-10-6-11(15)21-14(10)17-8-16-13/h6,8-9H,2-5,7H2,1H3,(H,16,17,18)/t9-/m0/s1. The predicted molar refractivity (Wildman–Crippen MR) is 88.6 cm³/mol. The molecule has 1 atom stereocenters. The second-order valence-corrected chi connectivity index (χ2v) is 7.62. The number of thiophene rings is 1. The summed E-state index contributed by atoms with van der Waals surface area (Å²) < 4.78 is 1.05. The van der Waals surface area contributed by atoms with E-state index in [0.717, 1.165) is 45.8 Å². The minimum absolute atomic E-state index is 0.257. The molecule has 112 valence electrons. The Labute approximate surface area is 135 Å². The van der Waals surface area contributed by atoms with Crippen molar-refractivity contribution in [1.29, 1.82) is 0 Å². The van der Waals surface area contributed by atoms with E-state index in [1.807, 2.05) is 17.9 Å². The maximum atomic E-state index is 11.9. The van der Waals surface area contributed by atoms with Gasteiger partial charge < -0.3 is 10.2 Å². The van der Waals surface area contributed by atoms with Crippen LogP contribution in [0.2, 0.25) is 0 Å². The molecular formula is C14H17BrN4OS. The lowest BCUT2D eigenvalue weighted by Gasteiger charge is -2.17. The monoisotopic (exact) mass is 368 g/mol. The van der Waals surface area contributed by atoms with Crippen LogP contribution in [-0.2, 0) is 4.79 Å². The van der Waals surface area contributed by atoms with Crippen molar-refractivity contribution >= 4 is 49.2 Å². The summed E-state index contributed by atoms with van der Waals surface area (Å²) in [6.45, 7) is 3.63. The molecule has 1 fully saturated rings. The van der Waals surface area contributed by atoms with E-state index in [4.69, 9.17) is 0 Å². The first-order chi connectivity index (χ1) is 10.2. The average Bonchev–Trinajstić information content (AvgIpc) is 3.05. The van der Waals surface area contributed by atoms with Crippen LogP contribution in [0.1, 0.15) is 26.2 Å². The summed E-state index contributed by atoms with van der Waals surface area (Å²) in [6.07, 6.45) is 4.10. The topological polar surface area (TPSA) is 58.1 Å². The van der Waals surface area contributed by atoms with Crippen molar-refractivity contribution < 1.29 is 4.79 Å². The van der Waals surface area contributed by atoms with Gasteiger partial charge in [-0.25, -0.2) is 9.97 Å². The first-order valence-corrected chi connectivity index (χ1v) is 8.72. The Kier molecular flexibility index (Phi) is 4.40. The number of anilines is 1. The highest BCUT2D eigenvalue weighted by Crippen LogP contribution is 2.32.